The van der Waals surface area contributed by atoms with Crippen LogP contribution in [0.25, 0.3) is 11.3 Å². The maximum Gasteiger partial charge on any atom is 0.295 e. The average molecular weight is 416 g/mol. The van der Waals surface area contributed by atoms with Gasteiger partial charge >= 0.3 is 0 Å². The number of nitrogens with zero attached hydrogens (tertiary/aromatic N) is 3. The average Bonchev–Trinajstić information content (AvgIpc) is 3.42. The Balaban J connectivity index is 1.92. The van der Waals surface area contributed by atoms with Gasteiger partial charge in [-0.1, -0.05) is 0 Å². The number of anilines is 1. The zero-order valence-electron chi connectivity index (χ0n) is 17.0. The summed E-state index contributed by atoms with van der Waals surface area (Å²) < 4.78 is 16.1. The van der Waals surface area contributed by atoms with E-state index in [1.165, 1.54) is 17.6 Å². The van der Waals surface area contributed by atoms with Crippen molar-refractivity contribution in [1.82, 2.24) is 9.88 Å². The van der Waals surface area contributed by atoms with Gasteiger partial charge in [0.2, 0.25) is 0 Å². The SMILES string of the molecule is COc1ccc(OC)c(-c2csc(N(CCCN(C)C)C(=O)c3ccco3)n2)c1. The number of hydrogen-bond donors (Lipinski definition) is 0. The lowest BCUT2D eigenvalue weighted by atomic mass is 10.1. The molecule has 0 aliphatic carbocycles. The third-order valence-electron chi connectivity index (χ3n) is 4.37. The molecule has 0 atom stereocenters. The number of aromatic nitrogens is 1. The third-order valence-corrected chi connectivity index (χ3v) is 5.23. The molecule has 0 radical (unpaired) electrons. The molecule has 0 saturated heterocycles. The van der Waals surface area contributed by atoms with Crippen LogP contribution in [0.1, 0.15) is 17.0 Å². The van der Waals surface area contributed by atoms with Crippen molar-refractivity contribution in [2.45, 2.75) is 6.42 Å². The lowest BCUT2D eigenvalue weighted by Crippen LogP contribution is -2.33. The molecule has 29 heavy (non-hydrogen) atoms. The van der Waals surface area contributed by atoms with E-state index in [1.54, 1.807) is 31.3 Å². The second-order valence-corrected chi connectivity index (χ2v) is 7.51. The van der Waals surface area contributed by atoms with Gasteiger partial charge in [-0.3, -0.25) is 9.69 Å². The van der Waals surface area contributed by atoms with Crippen LogP contribution in [0, 0.1) is 0 Å². The number of thiazole rings is 1. The Morgan fingerprint density at radius 1 is 1.17 bits per heavy atom. The Hall–Kier alpha value is -2.84. The maximum atomic E-state index is 13.0. The van der Waals surface area contributed by atoms with Crippen molar-refractivity contribution in [3.05, 3.63) is 47.7 Å². The van der Waals surface area contributed by atoms with Crippen molar-refractivity contribution in [3.8, 4) is 22.8 Å². The first-order valence-electron chi connectivity index (χ1n) is 9.21. The standard InChI is InChI=1S/C21H25N3O4S/c1-23(2)10-6-11-24(20(25)19-7-5-12-28-19)21-22-17(14-29-21)16-13-15(26-3)8-9-18(16)27-4/h5,7-9,12-14H,6,10-11H2,1-4H3. The van der Waals surface area contributed by atoms with E-state index in [1.807, 2.05) is 37.7 Å². The number of amides is 1. The highest BCUT2D eigenvalue weighted by molar-refractivity contribution is 7.14. The zero-order chi connectivity index (χ0) is 20.8. The number of benzene rings is 1. The fourth-order valence-corrected chi connectivity index (χ4v) is 3.74. The van der Waals surface area contributed by atoms with Crippen LogP contribution in [0.3, 0.4) is 0 Å². The van der Waals surface area contributed by atoms with E-state index >= 15 is 0 Å². The van der Waals surface area contributed by atoms with Crippen LogP contribution in [-0.2, 0) is 0 Å². The topological polar surface area (TPSA) is 68.0 Å². The molecular weight excluding hydrogens is 390 g/mol. The highest BCUT2D eigenvalue weighted by Gasteiger charge is 2.23. The number of carbonyl (C=O) groups excluding carboxylic acids is 1. The molecule has 7 nitrogen and oxygen atoms in total. The monoisotopic (exact) mass is 415 g/mol. The molecule has 0 N–H and O–H groups in total. The van der Waals surface area contributed by atoms with Crippen molar-refractivity contribution < 1.29 is 18.7 Å². The first kappa shape index (κ1) is 20.9. The Labute approximate surface area is 174 Å². The van der Waals surface area contributed by atoms with Crippen molar-refractivity contribution in [2.24, 2.45) is 0 Å². The Morgan fingerprint density at radius 2 is 2.00 bits per heavy atom. The van der Waals surface area contributed by atoms with E-state index in [9.17, 15) is 4.79 Å². The van der Waals surface area contributed by atoms with Crippen LogP contribution in [0.4, 0.5) is 5.13 Å². The molecule has 8 heteroatoms. The molecule has 3 rings (SSSR count). The third kappa shape index (κ3) is 4.96. The molecule has 2 heterocycles. The summed E-state index contributed by atoms with van der Waals surface area (Å²) in [5, 5.41) is 2.53. The maximum absolute atomic E-state index is 13.0. The Kier molecular flexibility index (Phi) is 6.90. The fraction of sp³-hybridized carbons (Fsp3) is 0.333. The summed E-state index contributed by atoms with van der Waals surface area (Å²) in [6, 6.07) is 8.93. The van der Waals surface area contributed by atoms with E-state index < -0.39 is 0 Å². The second kappa shape index (κ2) is 9.58. The van der Waals surface area contributed by atoms with Crippen LogP contribution in [-0.4, -0.2) is 57.2 Å². The summed E-state index contributed by atoms with van der Waals surface area (Å²) in [6.45, 7) is 1.41. The molecule has 154 valence electrons. The largest absolute Gasteiger partial charge is 0.497 e. The summed E-state index contributed by atoms with van der Waals surface area (Å²) in [4.78, 5) is 21.5. The molecule has 1 amide bonds. The molecular formula is C21H25N3O4S. The lowest BCUT2D eigenvalue weighted by Gasteiger charge is -2.20. The minimum atomic E-state index is -0.202. The Bertz CT molecular complexity index is 937. The Morgan fingerprint density at radius 3 is 2.66 bits per heavy atom. The normalized spacial score (nSPS) is 10.9. The van der Waals surface area contributed by atoms with Gasteiger partial charge in [0.25, 0.3) is 5.91 Å². The summed E-state index contributed by atoms with van der Waals surface area (Å²) in [7, 11) is 7.25. The molecule has 0 unspecified atom stereocenters. The summed E-state index contributed by atoms with van der Waals surface area (Å²) in [6.07, 6.45) is 2.32. The number of ether oxygens (including phenoxy) is 2. The van der Waals surface area contributed by atoms with Gasteiger partial charge < -0.3 is 18.8 Å². The van der Waals surface area contributed by atoms with E-state index in [2.05, 4.69) is 4.90 Å². The summed E-state index contributed by atoms with van der Waals surface area (Å²) >= 11 is 1.41. The second-order valence-electron chi connectivity index (χ2n) is 6.67. The quantitative estimate of drug-likeness (QED) is 0.526. The molecule has 0 saturated carbocycles. The van der Waals surface area contributed by atoms with Gasteiger partial charge in [-0.15, -0.1) is 11.3 Å². The minimum absolute atomic E-state index is 0.202. The summed E-state index contributed by atoms with van der Waals surface area (Å²) in [5.74, 6) is 1.50. The zero-order valence-corrected chi connectivity index (χ0v) is 17.9. The van der Waals surface area contributed by atoms with Crippen molar-refractivity contribution in [1.29, 1.82) is 0 Å². The molecule has 0 aliphatic rings. The van der Waals surface area contributed by atoms with Crippen LogP contribution in [0.15, 0.2) is 46.4 Å². The first-order valence-corrected chi connectivity index (χ1v) is 10.1. The van der Waals surface area contributed by atoms with E-state index in [0.717, 1.165) is 24.2 Å². The number of rotatable bonds is 9. The van der Waals surface area contributed by atoms with Crippen molar-refractivity contribution >= 4 is 22.4 Å². The van der Waals surface area contributed by atoms with Gasteiger partial charge in [0.1, 0.15) is 11.5 Å². The predicted octanol–water partition coefficient (Wildman–Crippen LogP) is 4.02. The fourth-order valence-electron chi connectivity index (χ4n) is 2.89. The van der Waals surface area contributed by atoms with E-state index in [4.69, 9.17) is 18.9 Å². The number of methoxy groups -OCH3 is 2. The van der Waals surface area contributed by atoms with Gasteiger partial charge in [0.15, 0.2) is 10.9 Å². The van der Waals surface area contributed by atoms with E-state index in [-0.39, 0.29) is 5.91 Å². The highest BCUT2D eigenvalue weighted by atomic mass is 32.1. The molecule has 0 bridgehead atoms. The van der Waals surface area contributed by atoms with Gasteiger partial charge in [0, 0.05) is 17.5 Å². The number of carbonyl (C=O) groups is 1. The lowest BCUT2D eigenvalue weighted by molar-refractivity contribution is 0.0959. The van der Waals surface area contributed by atoms with Crippen LogP contribution >= 0.6 is 11.3 Å². The number of hydrogen-bond acceptors (Lipinski definition) is 7. The van der Waals surface area contributed by atoms with Crippen LogP contribution in [0.2, 0.25) is 0 Å². The van der Waals surface area contributed by atoms with Gasteiger partial charge in [-0.2, -0.15) is 0 Å². The van der Waals surface area contributed by atoms with Crippen LogP contribution in [0.5, 0.6) is 11.5 Å². The van der Waals surface area contributed by atoms with Crippen molar-refractivity contribution in [3.63, 3.8) is 0 Å². The number of furan rings is 1. The molecule has 2 aromatic heterocycles. The predicted molar refractivity (Wildman–Crippen MR) is 114 cm³/mol. The van der Waals surface area contributed by atoms with Gasteiger partial charge in [-0.05, 0) is 57.4 Å². The van der Waals surface area contributed by atoms with Gasteiger partial charge in [-0.25, -0.2) is 4.98 Å². The highest BCUT2D eigenvalue weighted by Crippen LogP contribution is 2.36. The first-order chi connectivity index (χ1) is 14.0. The molecule has 3 aromatic rings. The van der Waals surface area contributed by atoms with E-state index in [0.29, 0.717) is 28.9 Å². The summed E-state index contributed by atoms with van der Waals surface area (Å²) in [5.41, 5.74) is 1.54. The molecule has 0 fully saturated rings. The molecule has 0 aliphatic heterocycles. The minimum Gasteiger partial charge on any atom is -0.497 e. The molecule has 0 spiro atoms. The molecule has 1 aromatic carbocycles. The van der Waals surface area contributed by atoms with Crippen LogP contribution < -0.4 is 14.4 Å². The van der Waals surface area contributed by atoms with Crippen molar-refractivity contribution in [2.75, 3.05) is 46.3 Å². The smallest absolute Gasteiger partial charge is 0.295 e. The van der Waals surface area contributed by atoms with Gasteiger partial charge in [0.05, 0.1) is 26.2 Å².